The minimum absolute atomic E-state index is 0.0794. The molecule has 1 atom stereocenters. The predicted molar refractivity (Wildman–Crippen MR) is 80.5 cm³/mol. The molecule has 0 spiro atoms. The quantitative estimate of drug-likeness (QED) is 0.806. The van der Waals surface area contributed by atoms with E-state index in [1.807, 2.05) is 18.4 Å². The Morgan fingerprint density at radius 3 is 2.76 bits per heavy atom. The van der Waals surface area contributed by atoms with Gasteiger partial charge in [0.15, 0.2) is 0 Å². The van der Waals surface area contributed by atoms with Gasteiger partial charge in [-0.15, -0.1) is 0 Å². The molecule has 1 aliphatic heterocycles. The summed E-state index contributed by atoms with van der Waals surface area (Å²) in [5, 5.41) is 0.550. The number of likely N-dealkylation sites (tertiary alicyclic amines) is 1. The summed E-state index contributed by atoms with van der Waals surface area (Å²) in [7, 11) is 1.38. The maximum atomic E-state index is 12.7. The highest BCUT2D eigenvalue weighted by Crippen LogP contribution is 2.24. The molecule has 1 fully saturated rings. The average Bonchev–Trinajstić information content (AvgIpc) is 2.88. The van der Waals surface area contributed by atoms with E-state index in [1.54, 1.807) is 17.2 Å². The number of nitrogens with zero attached hydrogens (tertiary/aromatic N) is 2. The van der Waals surface area contributed by atoms with Crippen LogP contribution >= 0.6 is 11.6 Å². The van der Waals surface area contributed by atoms with E-state index in [0.29, 0.717) is 23.8 Å². The third-order valence-electron chi connectivity index (χ3n) is 3.83. The van der Waals surface area contributed by atoms with E-state index >= 15 is 0 Å². The van der Waals surface area contributed by atoms with Crippen molar-refractivity contribution in [2.75, 3.05) is 20.2 Å². The van der Waals surface area contributed by atoms with Crippen molar-refractivity contribution in [3.8, 4) is 0 Å². The first-order chi connectivity index (χ1) is 9.93. The lowest BCUT2D eigenvalue weighted by molar-refractivity contribution is -0.146. The van der Waals surface area contributed by atoms with Crippen LogP contribution in [0.4, 0.5) is 0 Å². The lowest BCUT2D eigenvalue weighted by Gasteiger charge is -2.31. The number of hydrogen-bond donors (Lipinski definition) is 0. The number of ether oxygens (including phenoxy) is 1. The Balaban J connectivity index is 2.18. The lowest BCUT2D eigenvalue weighted by Crippen LogP contribution is -2.43. The van der Waals surface area contributed by atoms with Crippen molar-refractivity contribution in [1.29, 1.82) is 0 Å². The third-order valence-corrected chi connectivity index (χ3v) is 4.04. The van der Waals surface area contributed by atoms with Gasteiger partial charge in [0.1, 0.15) is 5.69 Å². The fourth-order valence-electron chi connectivity index (χ4n) is 2.73. The molecule has 1 aromatic rings. The number of piperidine rings is 1. The Morgan fingerprint density at radius 1 is 1.43 bits per heavy atom. The van der Waals surface area contributed by atoms with E-state index in [2.05, 4.69) is 0 Å². The van der Waals surface area contributed by atoms with Crippen LogP contribution in [0.5, 0.6) is 0 Å². The number of halogens is 1. The molecule has 0 bridgehead atoms. The van der Waals surface area contributed by atoms with Crippen molar-refractivity contribution in [1.82, 2.24) is 9.47 Å². The van der Waals surface area contributed by atoms with Crippen LogP contribution < -0.4 is 0 Å². The summed E-state index contributed by atoms with van der Waals surface area (Å²) < 4.78 is 6.65. The summed E-state index contributed by atoms with van der Waals surface area (Å²) in [4.78, 5) is 26.1. The molecule has 0 radical (unpaired) electrons. The first-order valence-electron chi connectivity index (χ1n) is 7.18. The van der Waals surface area contributed by atoms with Gasteiger partial charge in [0, 0.05) is 25.3 Å². The molecule has 21 heavy (non-hydrogen) atoms. The van der Waals surface area contributed by atoms with Crippen LogP contribution in [0.25, 0.3) is 0 Å². The fourth-order valence-corrected chi connectivity index (χ4v) is 2.94. The molecule has 2 rings (SSSR count). The van der Waals surface area contributed by atoms with Gasteiger partial charge < -0.3 is 14.2 Å². The Labute approximate surface area is 129 Å². The molecule has 1 aromatic heterocycles. The van der Waals surface area contributed by atoms with Crippen molar-refractivity contribution in [2.45, 2.75) is 32.7 Å². The zero-order valence-corrected chi connectivity index (χ0v) is 13.4. The molecule has 0 N–H and O–H groups in total. The van der Waals surface area contributed by atoms with Gasteiger partial charge in [0.2, 0.25) is 0 Å². The highest BCUT2D eigenvalue weighted by atomic mass is 35.5. The summed E-state index contributed by atoms with van der Waals surface area (Å²) in [5.74, 6) is -0.556. The Bertz CT molecular complexity index is 539. The molecule has 5 nitrogen and oxygen atoms in total. The number of hydrogen-bond acceptors (Lipinski definition) is 3. The molecule has 2 heterocycles. The van der Waals surface area contributed by atoms with Gasteiger partial charge in [-0.05, 0) is 32.8 Å². The van der Waals surface area contributed by atoms with Crippen molar-refractivity contribution in [2.24, 2.45) is 5.92 Å². The minimum atomic E-state index is -0.246. The number of carbonyl (C=O) groups is 2. The van der Waals surface area contributed by atoms with E-state index < -0.39 is 0 Å². The number of amides is 1. The van der Waals surface area contributed by atoms with Crippen LogP contribution in [0.1, 0.15) is 43.2 Å². The van der Waals surface area contributed by atoms with Gasteiger partial charge in [0.25, 0.3) is 5.91 Å². The second-order valence-electron chi connectivity index (χ2n) is 5.66. The normalized spacial score (nSPS) is 18.9. The van der Waals surface area contributed by atoms with E-state index in [4.69, 9.17) is 16.3 Å². The fraction of sp³-hybridized carbons (Fsp3) is 0.600. The minimum Gasteiger partial charge on any atom is -0.469 e. The van der Waals surface area contributed by atoms with E-state index in [9.17, 15) is 9.59 Å². The Hall–Kier alpha value is -1.49. The molecule has 1 unspecified atom stereocenters. The molecule has 0 aromatic carbocycles. The van der Waals surface area contributed by atoms with Crippen molar-refractivity contribution >= 4 is 23.5 Å². The molecule has 0 aliphatic carbocycles. The van der Waals surface area contributed by atoms with Crippen LogP contribution in [-0.4, -0.2) is 41.5 Å². The van der Waals surface area contributed by atoms with E-state index in [-0.39, 0.29) is 23.8 Å². The number of aromatic nitrogens is 1. The zero-order valence-electron chi connectivity index (χ0n) is 12.6. The largest absolute Gasteiger partial charge is 0.469 e. The van der Waals surface area contributed by atoms with E-state index in [1.165, 1.54) is 7.11 Å². The van der Waals surface area contributed by atoms with Gasteiger partial charge in [-0.25, -0.2) is 0 Å². The van der Waals surface area contributed by atoms with Crippen LogP contribution in [-0.2, 0) is 9.53 Å². The molecule has 1 saturated heterocycles. The van der Waals surface area contributed by atoms with E-state index in [0.717, 1.165) is 12.8 Å². The summed E-state index contributed by atoms with van der Waals surface area (Å²) in [6.45, 7) is 5.07. The molecule has 0 saturated carbocycles. The van der Waals surface area contributed by atoms with Gasteiger partial charge in [0.05, 0.1) is 18.1 Å². The predicted octanol–water partition coefficient (Wildman–Crippen LogP) is 2.75. The van der Waals surface area contributed by atoms with Crippen molar-refractivity contribution in [3.63, 3.8) is 0 Å². The van der Waals surface area contributed by atoms with Gasteiger partial charge in [-0.1, -0.05) is 11.6 Å². The smallest absolute Gasteiger partial charge is 0.310 e. The molecule has 6 heteroatoms. The number of esters is 1. The highest BCUT2D eigenvalue weighted by Gasteiger charge is 2.30. The lowest BCUT2D eigenvalue weighted by atomic mass is 9.98. The highest BCUT2D eigenvalue weighted by molar-refractivity contribution is 6.31. The summed E-state index contributed by atoms with van der Waals surface area (Å²) in [6.07, 6.45) is 3.34. The molecular formula is C15H21ClN2O3. The van der Waals surface area contributed by atoms with Gasteiger partial charge >= 0.3 is 5.97 Å². The molecule has 116 valence electrons. The maximum absolute atomic E-state index is 12.7. The molecule has 1 amide bonds. The zero-order chi connectivity index (χ0) is 15.6. The summed E-state index contributed by atoms with van der Waals surface area (Å²) in [5.41, 5.74) is 0.570. The average molecular weight is 313 g/mol. The number of methoxy groups -OCH3 is 1. The second kappa shape index (κ2) is 6.52. The number of rotatable bonds is 3. The van der Waals surface area contributed by atoms with Crippen LogP contribution in [0.2, 0.25) is 5.02 Å². The molecular weight excluding hydrogens is 292 g/mol. The maximum Gasteiger partial charge on any atom is 0.310 e. The van der Waals surface area contributed by atoms with Gasteiger partial charge in [-0.3, -0.25) is 9.59 Å². The first-order valence-corrected chi connectivity index (χ1v) is 7.56. The summed E-state index contributed by atoms with van der Waals surface area (Å²) >= 11 is 6.03. The first kappa shape index (κ1) is 15.9. The monoisotopic (exact) mass is 312 g/mol. The van der Waals surface area contributed by atoms with Crippen LogP contribution in [0, 0.1) is 5.92 Å². The van der Waals surface area contributed by atoms with Crippen molar-refractivity contribution in [3.05, 3.63) is 23.0 Å². The topological polar surface area (TPSA) is 51.5 Å². The second-order valence-corrected chi connectivity index (χ2v) is 6.09. The van der Waals surface area contributed by atoms with Gasteiger partial charge in [-0.2, -0.15) is 0 Å². The Morgan fingerprint density at radius 2 is 2.14 bits per heavy atom. The third kappa shape index (κ3) is 3.40. The SMILES string of the molecule is COC(=O)C1CCCN(C(=O)c2cc(Cl)cn2C(C)C)C1. The standard InChI is InChI=1S/C15H21ClN2O3/c1-10(2)18-9-12(16)7-13(18)14(19)17-6-4-5-11(8-17)15(20)21-3/h7,9-11H,4-6,8H2,1-3H3. The Kier molecular flexibility index (Phi) is 4.93. The van der Waals surface area contributed by atoms with Crippen molar-refractivity contribution < 1.29 is 14.3 Å². The van der Waals surface area contributed by atoms with Crippen LogP contribution in [0.3, 0.4) is 0 Å². The number of carbonyl (C=O) groups excluding carboxylic acids is 2. The van der Waals surface area contributed by atoms with Crippen LogP contribution in [0.15, 0.2) is 12.3 Å². The summed E-state index contributed by atoms with van der Waals surface area (Å²) in [6, 6.07) is 1.84. The molecule has 1 aliphatic rings.